The molecule has 12 aromatic rings. The van der Waals surface area contributed by atoms with E-state index in [1.54, 1.807) is 0 Å². The third-order valence-electron chi connectivity index (χ3n) is 11.5. The zero-order chi connectivity index (χ0) is 36.0. The van der Waals surface area contributed by atoms with Crippen molar-refractivity contribution in [1.82, 2.24) is 9.13 Å². The third kappa shape index (κ3) is 4.44. The van der Waals surface area contributed by atoms with Crippen LogP contribution < -0.4 is 0 Å². The summed E-state index contributed by atoms with van der Waals surface area (Å²) in [7, 11) is 0. The molecule has 0 aliphatic heterocycles. The van der Waals surface area contributed by atoms with Gasteiger partial charge < -0.3 is 13.6 Å². The SMILES string of the molecule is c1ccc(-n2c3ccccc3c3ccc(-c4ccc5c(c4)c4ccccc4n5-c4ccc(-c5ccc6oc7ccccc7c6c5)c5ccccc45)cc32)cc1. The third-order valence-corrected chi connectivity index (χ3v) is 11.5. The van der Waals surface area contributed by atoms with Crippen molar-refractivity contribution < 1.29 is 4.42 Å². The Hall–Kier alpha value is -7.36. The molecule has 55 heavy (non-hydrogen) atoms. The number of fused-ring (bicyclic) bond motifs is 10. The second-order valence-electron chi connectivity index (χ2n) is 14.5. The molecule has 0 spiro atoms. The van der Waals surface area contributed by atoms with Crippen LogP contribution in [0, 0.1) is 0 Å². The van der Waals surface area contributed by atoms with E-state index in [1.165, 1.54) is 82.3 Å². The first-order chi connectivity index (χ1) is 27.3. The Bertz CT molecular complexity index is 3490. The number of hydrogen-bond donors (Lipinski definition) is 0. The predicted molar refractivity (Wildman–Crippen MR) is 231 cm³/mol. The Morgan fingerprint density at radius 1 is 0.291 bits per heavy atom. The van der Waals surface area contributed by atoms with Crippen molar-refractivity contribution in [2.75, 3.05) is 0 Å². The van der Waals surface area contributed by atoms with E-state index < -0.39 is 0 Å². The normalized spacial score (nSPS) is 12.0. The van der Waals surface area contributed by atoms with Gasteiger partial charge in [-0.1, -0.05) is 127 Å². The molecule has 9 aromatic carbocycles. The van der Waals surface area contributed by atoms with E-state index in [0.29, 0.717) is 0 Å². The number of hydrogen-bond acceptors (Lipinski definition) is 1. The van der Waals surface area contributed by atoms with Crippen LogP contribution in [-0.4, -0.2) is 9.13 Å². The molecule has 3 nitrogen and oxygen atoms in total. The van der Waals surface area contributed by atoms with E-state index in [9.17, 15) is 0 Å². The monoisotopic (exact) mass is 700 g/mol. The Kier molecular flexibility index (Phi) is 6.34. The molecule has 0 unspecified atom stereocenters. The van der Waals surface area contributed by atoms with Crippen molar-refractivity contribution >= 4 is 76.3 Å². The average Bonchev–Trinajstić information content (AvgIpc) is 3.90. The molecular formula is C52H32N2O. The van der Waals surface area contributed by atoms with Gasteiger partial charge in [-0.3, -0.25) is 0 Å². The lowest BCUT2D eigenvalue weighted by Gasteiger charge is -2.15. The van der Waals surface area contributed by atoms with Gasteiger partial charge in [0, 0.05) is 43.4 Å². The molecule has 0 N–H and O–H groups in total. The van der Waals surface area contributed by atoms with E-state index in [0.717, 1.165) is 27.6 Å². The van der Waals surface area contributed by atoms with Crippen LogP contribution in [0.1, 0.15) is 0 Å². The van der Waals surface area contributed by atoms with Gasteiger partial charge in [0.1, 0.15) is 11.2 Å². The summed E-state index contributed by atoms with van der Waals surface area (Å²) in [6.07, 6.45) is 0. The van der Waals surface area contributed by atoms with Crippen LogP contribution in [0.2, 0.25) is 0 Å². The quantitative estimate of drug-likeness (QED) is 0.179. The van der Waals surface area contributed by atoms with Crippen LogP contribution in [0.5, 0.6) is 0 Å². The number of para-hydroxylation sites is 4. The van der Waals surface area contributed by atoms with E-state index in [-0.39, 0.29) is 0 Å². The molecule has 3 heteroatoms. The molecule has 0 aliphatic carbocycles. The summed E-state index contributed by atoms with van der Waals surface area (Å²) in [5.41, 5.74) is 13.7. The first-order valence-corrected chi connectivity index (χ1v) is 18.8. The lowest BCUT2D eigenvalue weighted by atomic mass is 9.96. The minimum Gasteiger partial charge on any atom is -0.456 e. The predicted octanol–water partition coefficient (Wildman–Crippen LogP) is 14.3. The van der Waals surface area contributed by atoms with E-state index in [4.69, 9.17) is 4.42 Å². The van der Waals surface area contributed by atoms with Crippen LogP contribution in [0.15, 0.2) is 199 Å². The van der Waals surface area contributed by atoms with E-state index in [1.807, 2.05) is 12.1 Å². The molecular weight excluding hydrogens is 669 g/mol. The van der Waals surface area contributed by atoms with Gasteiger partial charge in [0.05, 0.1) is 27.8 Å². The molecule has 256 valence electrons. The van der Waals surface area contributed by atoms with Crippen molar-refractivity contribution in [3.63, 3.8) is 0 Å². The summed E-state index contributed by atoms with van der Waals surface area (Å²) in [6.45, 7) is 0. The molecule has 0 amide bonds. The second-order valence-corrected chi connectivity index (χ2v) is 14.5. The molecule has 3 heterocycles. The summed E-state index contributed by atoms with van der Waals surface area (Å²) < 4.78 is 11.0. The van der Waals surface area contributed by atoms with Gasteiger partial charge in [0.25, 0.3) is 0 Å². The summed E-state index contributed by atoms with van der Waals surface area (Å²) in [5, 5.41) is 9.71. The smallest absolute Gasteiger partial charge is 0.135 e. The molecule has 3 aromatic heterocycles. The van der Waals surface area contributed by atoms with Gasteiger partial charge in [-0.2, -0.15) is 0 Å². The van der Waals surface area contributed by atoms with Crippen molar-refractivity contribution in [3.05, 3.63) is 194 Å². The fourth-order valence-corrected chi connectivity index (χ4v) is 9.04. The highest BCUT2D eigenvalue weighted by molar-refractivity contribution is 6.14. The van der Waals surface area contributed by atoms with Gasteiger partial charge in [0.15, 0.2) is 0 Å². The lowest BCUT2D eigenvalue weighted by Crippen LogP contribution is -1.96. The molecule has 0 atom stereocenters. The van der Waals surface area contributed by atoms with Crippen LogP contribution >= 0.6 is 0 Å². The van der Waals surface area contributed by atoms with Crippen molar-refractivity contribution in [2.24, 2.45) is 0 Å². The summed E-state index contributed by atoms with van der Waals surface area (Å²) in [6, 6.07) is 70.4. The van der Waals surface area contributed by atoms with E-state index in [2.05, 4.69) is 191 Å². The molecule has 0 fully saturated rings. The molecule has 0 saturated carbocycles. The summed E-state index contributed by atoms with van der Waals surface area (Å²) in [5.74, 6) is 0. The van der Waals surface area contributed by atoms with Gasteiger partial charge in [-0.25, -0.2) is 0 Å². The topological polar surface area (TPSA) is 23.0 Å². The largest absolute Gasteiger partial charge is 0.456 e. The molecule has 0 saturated heterocycles. The van der Waals surface area contributed by atoms with Gasteiger partial charge in [-0.05, 0) is 94.4 Å². The molecule has 0 aliphatic rings. The van der Waals surface area contributed by atoms with Crippen molar-refractivity contribution in [3.8, 4) is 33.6 Å². The Labute approximate surface area is 316 Å². The van der Waals surface area contributed by atoms with Crippen molar-refractivity contribution in [2.45, 2.75) is 0 Å². The minimum atomic E-state index is 0.911. The molecule has 12 rings (SSSR count). The van der Waals surface area contributed by atoms with Gasteiger partial charge in [-0.15, -0.1) is 0 Å². The van der Waals surface area contributed by atoms with Crippen LogP contribution in [0.3, 0.4) is 0 Å². The second kappa shape index (κ2) is 11.6. The maximum absolute atomic E-state index is 6.17. The zero-order valence-corrected chi connectivity index (χ0v) is 29.8. The zero-order valence-electron chi connectivity index (χ0n) is 29.8. The fourth-order valence-electron chi connectivity index (χ4n) is 9.04. The highest BCUT2D eigenvalue weighted by Gasteiger charge is 2.18. The molecule has 0 bridgehead atoms. The lowest BCUT2D eigenvalue weighted by molar-refractivity contribution is 0.669. The number of rotatable bonds is 4. The maximum Gasteiger partial charge on any atom is 0.135 e. The average molecular weight is 701 g/mol. The van der Waals surface area contributed by atoms with E-state index >= 15 is 0 Å². The summed E-state index contributed by atoms with van der Waals surface area (Å²) >= 11 is 0. The van der Waals surface area contributed by atoms with Gasteiger partial charge >= 0.3 is 0 Å². The minimum absolute atomic E-state index is 0.911. The number of nitrogens with zero attached hydrogens (tertiary/aromatic N) is 2. The van der Waals surface area contributed by atoms with Gasteiger partial charge in [0.2, 0.25) is 0 Å². The Morgan fingerprint density at radius 3 is 1.69 bits per heavy atom. The Morgan fingerprint density at radius 2 is 0.855 bits per heavy atom. The Balaban J connectivity index is 1.04. The maximum atomic E-state index is 6.17. The first kappa shape index (κ1) is 30.1. The van der Waals surface area contributed by atoms with Crippen LogP contribution in [0.4, 0.5) is 0 Å². The standard InChI is InChI=1S/C52H32N2O/c1-2-12-36(13-3-1)53-46-19-9-6-16-40(46)42-25-22-34(32-50(42)53)33-23-27-49-44(30-33)41-17-7-10-20-47(41)54(49)48-28-26-37(38-14-4-5-15-39(38)48)35-24-29-52-45(31-35)43-18-8-11-21-51(43)55-52/h1-32H. The molecule has 0 radical (unpaired) electrons. The number of aromatic nitrogens is 2. The summed E-state index contributed by atoms with van der Waals surface area (Å²) in [4.78, 5) is 0. The van der Waals surface area contributed by atoms with Crippen LogP contribution in [-0.2, 0) is 0 Å². The van der Waals surface area contributed by atoms with Crippen molar-refractivity contribution in [1.29, 1.82) is 0 Å². The number of benzene rings is 9. The van der Waals surface area contributed by atoms with Crippen LogP contribution in [0.25, 0.3) is 110 Å². The highest BCUT2D eigenvalue weighted by atomic mass is 16.3. The first-order valence-electron chi connectivity index (χ1n) is 18.8. The number of furan rings is 1. The highest BCUT2D eigenvalue weighted by Crippen LogP contribution is 2.41. The fraction of sp³-hybridized carbons (Fsp3) is 0.